The molecular formula is C26H40N5+. The zero-order valence-electron chi connectivity index (χ0n) is 20.3. The number of imidazole rings is 1. The molecule has 0 aromatic carbocycles. The van der Waals surface area contributed by atoms with Crippen molar-refractivity contribution in [3.8, 4) is 0 Å². The maximum atomic E-state index is 6.14. The van der Waals surface area contributed by atoms with Crippen LogP contribution in [0.25, 0.3) is 11.2 Å². The SMILES string of the molecule is CC(=CCn1c[n+](C)c2ncnc(N)c21)CC[C@@]1(C)[C@H](C)CC[C@@]2(C)C(C)=CCC[C@H]12. The fraction of sp³-hybridized carbons (Fsp3) is 0.654. The molecule has 0 amide bonds. The van der Waals surface area contributed by atoms with E-state index in [1.165, 1.54) is 44.0 Å². The number of rotatable bonds is 5. The normalized spacial score (nSPS) is 31.5. The van der Waals surface area contributed by atoms with Crippen LogP contribution in [0.3, 0.4) is 0 Å². The van der Waals surface area contributed by atoms with Gasteiger partial charge in [0.1, 0.15) is 0 Å². The number of nitrogen functional groups attached to an aromatic ring is 1. The lowest BCUT2D eigenvalue weighted by atomic mass is 9.47. The number of nitrogens with zero attached hydrogens (tertiary/aromatic N) is 4. The number of anilines is 1. The Hall–Kier alpha value is -2.17. The van der Waals surface area contributed by atoms with Gasteiger partial charge < -0.3 is 5.73 Å². The molecule has 0 spiro atoms. The molecule has 5 nitrogen and oxygen atoms in total. The highest BCUT2D eigenvalue weighted by atomic mass is 15.2. The van der Waals surface area contributed by atoms with E-state index in [2.05, 4.69) is 67.6 Å². The summed E-state index contributed by atoms with van der Waals surface area (Å²) in [5, 5.41) is 0. The van der Waals surface area contributed by atoms with Gasteiger partial charge >= 0.3 is 5.65 Å². The van der Waals surface area contributed by atoms with Crippen LogP contribution < -0.4 is 10.3 Å². The molecule has 2 N–H and O–H groups in total. The molecule has 4 rings (SSSR count). The second kappa shape index (κ2) is 8.07. The van der Waals surface area contributed by atoms with Gasteiger partial charge in [0.25, 0.3) is 0 Å². The fourth-order valence-corrected chi connectivity index (χ4v) is 6.53. The van der Waals surface area contributed by atoms with E-state index in [1.54, 1.807) is 5.57 Å². The molecule has 2 aromatic rings. The van der Waals surface area contributed by atoms with Crippen molar-refractivity contribution >= 4 is 17.0 Å². The largest absolute Gasteiger partial charge is 0.380 e. The van der Waals surface area contributed by atoms with Crippen molar-refractivity contribution in [3.63, 3.8) is 0 Å². The molecule has 2 aliphatic rings. The van der Waals surface area contributed by atoms with Crippen molar-refractivity contribution in [3.05, 3.63) is 36.0 Å². The lowest BCUT2D eigenvalue weighted by Crippen LogP contribution is -2.49. The van der Waals surface area contributed by atoms with E-state index in [4.69, 9.17) is 5.73 Å². The van der Waals surface area contributed by atoms with E-state index >= 15 is 0 Å². The quantitative estimate of drug-likeness (QED) is 0.521. The van der Waals surface area contributed by atoms with Crippen LogP contribution in [-0.2, 0) is 13.6 Å². The van der Waals surface area contributed by atoms with Crippen LogP contribution in [0.2, 0.25) is 0 Å². The Kier molecular flexibility index (Phi) is 5.74. The van der Waals surface area contributed by atoms with E-state index in [0.717, 1.165) is 36.0 Å². The summed E-state index contributed by atoms with van der Waals surface area (Å²) in [5.74, 6) is 2.12. The van der Waals surface area contributed by atoms with Crippen molar-refractivity contribution in [2.75, 3.05) is 5.73 Å². The predicted octanol–water partition coefficient (Wildman–Crippen LogP) is 5.36. The lowest BCUT2D eigenvalue weighted by Gasteiger charge is -2.58. The third-order valence-electron chi connectivity index (χ3n) is 9.05. The number of allylic oxidation sites excluding steroid dienone is 4. The highest BCUT2D eigenvalue weighted by molar-refractivity contribution is 5.79. The summed E-state index contributed by atoms with van der Waals surface area (Å²) in [4.78, 5) is 8.56. The predicted molar refractivity (Wildman–Crippen MR) is 127 cm³/mol. The monoisotopic (exact) mass is 422 g/mol. The maximum Gasteiger partial charge on any atom is 0.307 e. The molecule has 0 bridgehead atoms. The summed E-state index contributed by atoms with van der Waals surface area (Å²) in [6.07, 6.45) is 16.2. The van der Waals surface area contributed by atoms with Crippen molar-refractivity contribution in [2.45, 2.75) is 79.7 Å². The van der Waals surface area contributed by atoms with Crippen LogP contribution in [0, 0.1) is 22.7 Å². The summed E-state index contributed by atoms with van der Waals surface area (Å²) in [6.45, 7) is 13.1. The third-order valence-corrected chi connectivity index (χ3v) is 9.05. The molecule has 5 heteroatoms. The molecule has 2 aromatic heterocycles. The average Bonchev–Trinajstić information content (AvgIpc) is 3.07. The smallest absolute Gasteiger partial charge is 0.307 e. The summed E-state index contributed by atoms with van der Waals surface area (Å²) in [6, 6.07) is 0. The van der Waals surface area contributed by atoms with Gasteiger partial charge in [-0.15, -0.1) is 0 Å². The second-order valence-corrected chi connectivity index (χ2v) is 10.7. The van der Waals surface area contributed by atoms with Crippen molar-refractivity contribution in [1.29, 1.82) is 0 Å². The molecule has 2 heterocycles. The summed E-state index contributed by atoms with van der Waals surface area (Å²) < 4.78 is 4.17. The molecule has 1 saturated carbocycles. The van der Waals surface area contributed by atoms with Gasteiger partial charge in [-0.2, -0.15) is 4.98 Å². The molecule has 0 unspecified atom stereocenters. The standard InChI is InChI=1S/C26H40N5/c1-18(12-15-31-17-30(6)24-22(31)23(27)28-16-29-24)10-13-25(4)20(3)11-14-26(5)19(2)8-7-9-21(25)26/h8,12,16-17,20-21H,7,9-11,13-15H2,1-6H3,(H2,27,28,29)/q+1/t20-,21-,25+,26+/m1/s1. The van der Waals surface area contributed by atoms with E-state index in [0.29, 0.717) is 16.6 Å². The molecule has 0 radical (unpaired) electrons. The van der Waals surface area contributed by atoms with Gasteiger partial charge in [-0.25, -0.2) is 4.57 Å². The first-order valence-corrected chi connectivity index (χ1v) is 11.9. The number of aryl methyl sites for hydroxylation is 1. The number of hydrogen-bond acceptors (Lipinski definition) is 3. The van der Waals surface area contributed by atoms with Gasteiger partial charge in [-0.05, 0) is 75.0 Å². The molecular weight excluding hydrogens is 382 g/mol. The Balaban J connectivity index is 1.50. The first-order valence-electron chi connectivity index (χ1n) is 11.9. The van der Waals surface area contributed by atoms with Crippen LogP contribution in [0.5, 0.6) is 0 Å². The minimum absolute atomic E-state index is 0.396. The summed E-state index contributed by atoms with van der Waals surface area (Å²) in [7, 11) is 2.00. The Morgan fingerprint density at radius 2 is 2.10 bits per heavy atom. The van der Waals surface area contributed by atoms with Crippen molar-refractivity contribution < 1.29 is 4.57 Å². The zero-order valence-corrected chi connectivity index (χ0v) is 20.3. The first-order chi connectivity index (χ1) is 14.7. The highest BCUT2D eigenvalue weighted by Crippen LogP contribution is 2.61. The number of aromatic nitrogens is 4. The Bertz CT molecular complexity index is 1030. The minimum Gasteiger partial charge on any atom is -0.380 e. The topological polar surface area (TPSA) is 60.6 Å². The number of hydrogen-bond donors (Lipinski definition) is 1. The van der Waals surface area contributed by atoms with Crippen molar-refractivity contribution in [1.82, 2.24) is 14.5 Å². The van der Waals surface area contributed by atoms with Gasteiger partial charge in [-0.3, -0.25) is 4.57 Å². The Morgan fingerprint density at radius 3 is 2.87 bits per heavy atom. The van der Waals surface area contributed by atoms with Crippen LogP contribution >= 0.6 is 0 Å². The van der Waals surface area contributed by atoms with Gasteiger partial charge in [0.15, 0.2) is 18.5 Å². The highest BCUT2D eigenvalue weighted by Gasteiger charge is 2.52. The van der Waals surface area contributed by atoms with Crippen molar-refractivity contribution in [2.24, 2.45) is 29.7 Å². The first kappa shape index (κ1) is 22.0. The molecule has 4 atom stereocenters. The van der Waals surface area contributed by atoms with E-state index in [1.807, 2.05) is 11.6 Å². The minimum atomic E-state index is 0.396. The Morgan fingerprint density at radius 1 is 1.32 bits per heavy atom. The van der Waals surface area contributed by atoms with Gasteiger partial charge in [-0.1, -0.05) is 49.1 Å². The second-order valence-electron chi connectivity index (χ2n) is 10.7. The number of fused-ring (bicyclic) bond motifs is 2. The summed E-state index contributed by atoms with van der Waals surface area (Å²) >= 11 is 0. The third kappa shape index (κ3) is 3.70. The molecule has 168 valence electrons. The fourth-order valence-electron chi connectivity index (χ4n) is 6.53. The molecule has 0 saturated heterocycles. The average molecular weight is 423 g/mol. The van der Waals surface area contributed by atoms with E-state index < -0.39 is 0 Å². The molecule has 1 fully saturated rings. The van der Waals surface area contributed by atoms with Crippen LogP contribution in [0.4, 0.5) is 5.82 Å². The van der Waals surface area contributed by atoms with Gasteiger partial charge in [0, 0.05) is 0 Å². The van der Waals surface area contributed by atoms with Crippen LogP contribution in [0.1, 0.15) is 73.1 Å². The number of nitrogens with two attached hydrogens (primary N) is 1. The van der Waals surface area contributed by atoms with Crippen LogP contribution in [-0.4, -0.2) is 14.5 Å². The maximum absolute atomic E-state index is 6.14. The summed E-state index contributed by atoms with van der Waals surface area (Å²) in [5.41, 5.74) is 11.8. The lowest BCUT2D eigenvalue weighted by molar-refractivity contribution is -0.647. The van der Waals surface area contributed by atoms with Gasteiger partial charge in [0.2, 0.25) is 5.52 Å². The Labute approximate surface area is 187 Å². The zero-order chi connectivity index (χ0) is 22.4. The van der Waals surface area contributed by atoms with E-state index in [-0.39, 0.29) is 0 Å². The molecule has 2 aliphatic carbocycles. The van der Waals surface area contributed by atoms with Crippen LogP contribution in [0.15, 0.2) is 36.0 Å². The molecule has 31 heavy (non-hydrogen) atoms. The molecule has 0 aliphatic heterocycles. The van der Waals surface area contributed by atoms with E-state index in [9.17, 15) is 0 Å². The van der Waals surface area contributed by atoms with Gasteiger partial charge in [0.05, 0.1) is 13.6 Å².